The van der Waals surface area contributed by atoms with E-state index in [9.17, 15) is 0 Å². The number of rotatable bonds is 0. The van der Waals surface area contributed by atoms with E-state index in [-0.39, 0.29) is 0 Å². The van der Waals surface area contributed by atoms with Crippen LogP contribution in [0.1, 0.15) is 51.4 Å². The first-order chi connectivity index (χ1) is 11.7. The van der Waals surface area contributed by atoms with Gasteiger partial charge in [-0.05, 0) is 12.8 Å². The van der Waals surface area contributed by atoms with Crippen molar-refractivity contribution >= 4 is 0 Å². The van der Waals surface area contributed by atoms with Crippen LogP contribution in [0.2, 0.25) is 0 Å². The van der Waals surface area contributed by atoms with Crippen LogP contribution in [-0.4, -0.2) is 62.4 Å². The molecule has 136 valence electrons. The van der Waals surface area contributed by atoms with Crippen LogP contribution in [-0.2, 0) is 28.4 Å². The first kappa shape index (κ1) is 16.0. The quantitative estimate of drug-likeness (QED) is 0.673. The molecule has 5 aliphatic heterocycles. The molecule has 2 atom stereocenters. The summed E-state index contributed by atoms with van der Waals surface area (Å²) in [6.45, 7) is 4.27. The van der Waals surface area contributed by atoms with Crippen molar-refractivity contribution in [2.75, 3.05) is 39.6 Å². The monoisotopic (exact) mass is 340 g/mol. The minimum Gasteiger partial charge on any atom is -0.381 e. The van der Waals surface area contributed by atoms with Crippen LogP contribution < -0.4 is 0 Å². The van der Waals surface area contributed by atoms with Crippen molar-refractivity contribution in [2.45, 2.75) is 74.1 Å². The molecule has 0 aliphatic carbocycles. The zero-order valence-corrected chi connectivity index (χ0v) is 14.3. The first-order valence-corrected chi connectivity index (χ1v) is 9.58. The Morgan fingerprint density at radius 2 is 0.875 bits per heavy atom. The molecule has 5 aliphatic rings. The van der Waals surface area contributed by atoms with Gasteiger partial charge in [-0.3, -0.25) is 0 Å². The van der Waals surface area contributed by atoms with Gasteiger partial charge in [0.05, 0.1) is 13.2 Å². The Bertz CT molecular complexity index is 424. The summed E-state index contributed by atoms with van der Waals surface area (Å²) in [5, 5.41) is 0. The van der Waals surface area contributed by atoms with E-state index in [4.69, 9.17) is 28.4 Å². The van der Waals surface area contributed by atoms with Gasteiger partial charge in [-0.2, -0.15) is 0 Å². The van der Waals surface area contributed by atoms with Crippen molar-refractivity contribution in [3.05, 3.63) is 0 Å². The van der Waals surface area contributed by atoms with E-state index >= 15 is 0 Å². The standard InChI is InChI=1S/C18H28O6/c1-3-17(21-9-1)15(5-11-19-12-6-15)24-18(4-2-10-22-18)16(23-17)7-13-20-14-8-16/h1-14H2/t17-,18-/m0/s1. The van der Waals surface area contributed by atoms with E-state index in [1.165, 1.54) is 0 Å². The van der Waals surface area contributed by atoms with Crippen molar-refractivity contribution in [3.63, 3.8) is 0 Å². The number of fused-ring (bicyclic) bond motifs is 2. The molecule has 0 aromatic heterocycles. The summed E-state index contributed by atoms with van der Waals surface area (Å²) in [5.74, 6) is -1.30. The SMILES string of the molecule is C1CO[C@@]2(C1)OC1(CCOCC1)[C@]1(CCCO1)OC21CCOCC1. The van der Waals surface area contributed by atoms with Crippen LogP contribution in [0, 0.1) is 0 Å². The molecule has 0 amide bonds. The summed E-state index contributed by atoms with van der Waals surface area (Å²) in [4.78, 5) is 0. The van der Waals surface area contributed by atoms with Crippen LogP contribution in [0.25, 0.3) is 0 Å². The topological polar surface area (TPSA) is 55.4 Å². The Kier molecular flexibility index (Phi) is 3.75. The van der Waals surface area contributed by atoms with Crippen molar-refractivity contribution in [1.82, 2.24) is 0 Å². The van der Waals surface area contributed by atoms with Gasteiger partial charge in [0.15, 0.2) is 11.6 Å². The third-order valence-electron chi connectivity index (χ3n) is 6.68. The van der Waals surface area contributed by atoms with Crippen molar-refractivity contribution in [1.29, 1.82) is 0 Å². The molecule has 0 saturated carbocycles. The maximum Gasteiger partial charge on any atom is 0.198 e. The van der Waals surface area contributed by atoms with Gasteiger partial charge in [0.1, 0.15) is 11.2 Å². The second-order valence-corrected chi connectivity index (χ2v) is 7.83. The van der Waals surface area contributed by atoms with Gasteiger partial charge >= 0.3 is 0 Å². The lowest BCUT2D eigenvalue weighted by molar-refractivity contribution is -0.498. The fourth-order valence-electron chi connectivity index (χ4n) is 5.45. The molecular formula is C18H28O6. The van der Waals surface area contributed by atoms with Crippen LogP contribution in [0.15, 0.2) is 0 Å². The molecule has 5 heterocycles. The van der Waals surface area contributed by atoms with E-state index in [1.54, 1.807) is 0 Å². The predicted molar refractivity (Wildman–Crippen MR) is 83.6 cm³/mol. The van der Waals surface area contributed by atoms with Gasteiger partial charge in [0, 0.05) is 65.0 Å². The fraction of sp³-hybridized carbons (Fsp3) is 1.00. The maximum atomic E-state index is 6.99. The van der Waals surface area contributed by atoms with Crippen LogP contribution >= 0.6 is 0 Å². The van der Waals surface area contributed by atoms with Crippen molar-refractivity contribution < 1.29 is 28.4 Å². The maximum absolute atomic E-state index is 6.99. The number of ether oxygens (including phenoxy) is 6. The van der Waals surface area contributed by atoms with Crippen molar-refractivity contribution in [2.24, 2.45) is 0 Å². The van der Waals surface area contributed by atoms with Gasteiger partial charge in [-0.1, -0.05) is 0 Å². The highest BCUT2D eigenvalue weighted by Gasteiger charge is 2.73. The van der Waals surface area contributed by atoms with Gasteiger partial charge in [-0.25, -0.2) is 0 Å². The summed E-state index contributed by atoms with van der Waals surface area (Å²) in [5.41, 5.74) is -0.898. The molecule has 0 bridgehead atoms. The molecule has 0 N–H and O–H groups in total. The lowest BCUT2D eigenvalue weighted by atomic mass is 9.75. The lowest BCUT2D eigenvalue weighted by Crippen LogP contribution is -2.76. The number of hydrogen-bond donors (Lipinski definition) is 0. The zero-order chi connectivity index (χ0) is 16.1. The van der Waals surface area contributed by atoms with Crippen LogP contribution in [0.4, 0.5) is 0 Å². The summed E-state index contributed by atoms with van der Waals surface area (Å²) in [6, 6.07) is 0. The third kappa shape index (κ3) is 2.04. The van der Waals surface area contributed by atoms with Crippen LogP contribution in [0.3, 0.4) is 0 Å². The molecule has 6 nitrogen and oxygen atoms in total. The molecule has 4 spiro atoms. The molecule has 5 saturated heterocycles. The largest absolute Gasteiger partial charge is 0.381 e. The minimum absolute atomic E-state index is 0.449. The fourth-order valence-corrected chi connectivity index (χ4v) is 5.45. The molecule has 24 heavy (non-hydrogen) atoms. The second-order valence-electron chi connectivity index (χ2n) is 7.83. The highest BCUT2D eigenvalue weighted by atomic mass is 16.8. The van der Waals surface area contributed by atoms with Gasteiger partial charge in [-0.15, -0.1) is 0 Å². The first-order valence-electron chi connectivity index (χ1n) is 9.58. The molecule has 5 fully saturated rings. The van der Waals surface area contributed by atoms with Crippen molar-refractivity contribution in [3.8, 4) is 0 Å². The average molecular weight is 340 g/mol. The zero-order valence-electron chi connectivity index (χ0n) is 14.3. The van der Waals surface area contributed by atoms with E-state index in [2.05, 4.69) is 0 Å². The van der Waals surface area contributed by atoms with E-state index in [1.807, 2.05) is 0 Å². The van der Waals surface area contributed by atoms with E-state index in [0.29, 0.717) is 26.4 Å². The summed E-state index contributed by atoms with van der Waals surface area (Å²) < 4.78 is 37.9. The molecule has 6 heteroatoms. The Balaban J connectivity index is 1.58. The number of hydrogen-bond acceptors (Lipinski definition) is 6. The third-order valence-corrected chi connectivity index (χ3v) is 6.68. The van der Waals surface area contributed by atoms with Gasteiger partial charge in [0.25, 0.3) is 0 Å². The van der Waals surface area contributed by atoms with Gasteiger partial charge in [0.2, 0.25) is 0 Å². The molecule has 0 unspecified atom stereocenters. The summed E-state index contributed by atoms with van der Waals surface area (Å²) in [6.07, 6.45) is 7.07. The van der Waals surface area contributed by atoms with E-state index in [0.717, 1.165) is 64.6 Å². The Labute approximate surface area is 143 Å². The normalized spacial score (nSPS) is 44.0. The van der Waals surface area contributed by atoms with Gasteiger partial charge < -0.3 is 28.4 Å². The van der Waals surface area contributed by atoms with E-state index < -0.39 is 22.8 Å². The summed E-state index contributed by atoms with van der Waals surface area (Å²) >= 11 is 0. The summed E-state index contributed by atoms with van der Waals surface area (Å²) in [7, 11) is 0. The predicted octanol–water partition coefficient (Wildman–Crippen LogP) is 2.15. The lowest BCUT2D eigenvalue weighted by Gasteiger charge is -2.64. The minimum atomic E-state index is -0.648. The molecule has 0 aromatic rings. The molecule has 0 radical (unpaired) electrons. The Morgan fingerprint density at radius 3 is 1.21 bits per heavy atom. The average Bonchev–Trinajstić information content (AvgIpc) is 3.27. The Morgan fingerprint density at radius 1 is 0.458 bits per heavy atom. The smallest absolute Gasteiger partial charge is 0.198 e. The Hall–Kier alpha value is -0.240. The highest BCUT2D eigenvalue weighted by molar-refractivity contribution is 5.13. The molecule has 5 rings (SSSR count). The highest BCUT2D eigenvalue weighted by Crippen LogP contribution is 2.60. The van der Waals surface area contributed by atoms with Crippen LogP contribution in [0.5, 0.6) is 0 Å². The molecule has 0 aromatic carbocycles. The molecular weight excluding hydrogens is 312 g/mol. The second kappa shape index (κ2) is 5.63.